The maximum Gasteiger partial charge on any atom is 0.262 e. The molecule has 0 radical (unpaired) electrons. The van der Waals surface area contributed by atoms with E-state index in [2.05, 4.69) is 0 Å². The average molecular weight is 427 g/mol. The van der Waals surface area contributed by atoms with E-state index < -0.39 is 0 Å². The topological polar surface area (TPSA) is 34.9 Å². The highest BCUT2D eigenvalue weighted by Crippen LogP contribution is 2.24. The Morgan fingerprint density at radius 2 is 1.64 bits per heavy atom. The number of hydrogen-bond donors (Lipinski definition) is 0. The zero-order valence-corrected chi connectivity index (χ0v) is 17.1. The monoisotopic (exact) mass is 426 g/mol. The molecule has 0 unspecified atom stereocenters. The summed E-state index contributed by atoms with van der Waals surface area (Å²) in [6.45, 7) is 0.436. The lowest BCUT2D eigenvalue weighted by molar-refractivity contribution is 0.658. The summed E-state index contributed by atoms with van der Waals surface area (Å²) in [5.41, 5.74) is 2.73. The summed E-state index contributed by atoms with van der Waals surface area (Å²) in [5.74, 6) is 0.673. The van der Waals surface area contributed by atoms with E-state index in [9.17, 15) is 4.79 Å². The molecule has 0 atom stereocenters. The fraction of sp³-hybridized carbons (Fsp3) is 0.0909. The van der Waals surface area contributed by atoms with Gasteiger partial charge in [0.1, 0.15) is 0 Å². The molecule has 0 spiro atoms. The molecular weight excluding hydrogens is 411 g/mol. The van der Waals surface area contributed by atoms with Crippen LogP contribution in [0.2, 0.25) is 10.0 Å². The molecule has 0 bridgehead atoms. The van der Waals surface area contributed by atoms with Crippen molar-refractivity contribution in [3.05, 3.63) is 104 Å². The first-order valence-electron chi connectivity index (χ1n) is 8.71. The predicted molar refractivity (Wildman–Crippen MR) is 118 cm³/mol. The lowest BCUT2D eigenvalue weighted by Crippen LogP contribution is -2.24. The van der Waals surface area contributed by atoms with Crippen molar-refractivity contribution < 1.29 is 0 Å². The van der Waals surface area contributed by atoms with Crippen LogP contribution < -0.4 is 5.56 Å². The summed E-state index contributed by atoms with van der Waals surface area (Å²) in [4.78, 5) is 17.9. The van der Waals surface area contributed by atoms with E-state index in [0.717, 1.165) is 11.1 Å². The zero-order valence-electron chi connectivity index (χ0n) is 14.8. The van der Waals surface area contributed by atoms with E-state index in [1.165, 1.54) is 11.8 Å². The highest BCUT2D eigenvalue weighted by molar-refractivity contribution is 7.98. The van der Waals surface area contributed by atoms with E-state index in [-0.39, 0.29) is 5.56 Å². The molecular formula is C22H16Cl2N2OS. The summed E-state index contributed by atoms with van der Waals surface area (Å²) in [7, 11) is 0. The molecule has 0 fully saturated rings. The van der Waals surface area contributed by atoms with Crippen LogP contribution in [0.4, 0.5) is 0 Å². The number of nitrogens with zero attached hydrogens (tertiary/aromatic N) is 2. The molecule has 0 aliphatic carbocycles. The first kappa shape index (κ1) is 19.1. The quantitative estimate of drug-likeness (QED) is 0.288. The smallest absolute Gasteiger partial charge is 0.262 e. The van der Waals surface area contributed by atoms with Crippen molar-refractivity contribution >= 4 is 45.9 Å². The summed E-state index contributed by atoms with van der Waals surface area (Å²) < 4.78 is 1.72. The number of halogens is 2. The standard InChI is InChI=1S/C22H16Cl2N2OS/c23-17-10-8-15(9-11-17)13-26-21(27)19-6-1-2-7-20(19)25-22(26)28-14-16-4-3-5-18(24)12-16/h1-12H,13-14H2. The highest BCUT2D eigenvalue weighted by atomic mass is 35.5. The van der Waals surface area contributed by atoms with Crippen LogP contribution in [0.3, 0.4) is 0 Å². The van der Waals surface area contributed by atoms with Crippen LogP contribution in [0.25, 0.3) is 10.9 Å². The molecule has 0 aliphatic heterocycles. The van der Waals surface area contributed by atoms with E-state index in [1.807, 2.05) is 72.8 Å². The van der Waals surface area contributed by atoms with Gasteiger partial charge in [-0.2, -0.15) is 0 Å². The van der Waals surface area contributed by atoms with Crippen molar-refractivity contribution in [1.29, 1.82) is 0 Å². The van der Waals surface area contributed by atoms with Gasteiger partial charge in [-0.3, -0.25) is 9.36 Å². The Morgan fingerprint density at radius 3 is 2.43 bits per heavy atom. The van der Waals surface area contributed by atoms with Gasteiger partial charge >= 0.3 is 0 Å². The summed E-state index contributed by atoms with van der Waals surface area (Å²) in [6, 6.07) is 22.7. The Hall–Kier alpha value is -2.27. The second-order valence-corrected chi connectivity index (χ2v) is 8.16. The average Bonchev–Trinajstić information content (AvgIpc) is 2.70. The molecule has 1 aromatic heterocycles. The minimum atomic E-state index is -0.0471. The fourth-order valence-electron chi connectivity index (χ4n) is 2.94. The Balaban J connectivity index is 1.74. The fourth-order valence-corrected chi connectivity index (χ4v) is 4.22. The van der Waals surface area contributed by atoms with Crippen LogP contribution >= 0.6 is 35.0 Å². The second-order valence-electron chi connectivity index (χ2n) is 6.35. The largest absolute Gasteiger partial charge is 0.283 e. The number of benzene rings is 3. The molecule has 0 N–H and O–H groups in total. The Morgan fingerprint density at radius 1 is 0.857 bits per heavy atom. The van der Waals surface area contributed by atoms with E-state index in [4.69, 9.17) is 28.2 Å². The number of fused-ring (bicyclic) bond motifs is 1. The molecule has 0 saturated carbocycles. The molecule has 0 saturated heterocycles. The van der Waals surface area contributed by atoms with E-state index >= 15 is 0 Å². The van der Waals surface area contributed by atoms with Crippen LogP contribution in [-0.2, 0) is 12.3 Å². The molecule has 28 heavy (non-hydrogen) atoms. The van der Waals surface area contributed by atoms with Gasteiger partial charge in [-0.15, -0.1) is 0 Å². The van der Waals surface area contributed by atoms with Crippen molar-refractivity contribution in [1.82, 2.24) is 9.55 Å². The third-order valence-corrected chi connectivity index (χ3v) is 5.87. The second kappa shape index (κ2) is 8.39. The number of hydrogen-bond acceptors (Lipinski definition) is 3. The van der Waals surface area contributed by atoms with Crippen LogP contribution in [0.5, 0.6) is 0 Å². The molecule has 1 heterocycles. The number of para-hydroxylation sites is 1. The van der Waals surface area contributed by atoms with Gasteiger partial charge in [0, 0.05) is 15.8 Å². The van der Waals surface area contributed by atoms with Crippen LogP contribution in [0, 0.1) is 0 Å². The predicted octanol–water partition coefficient (Wildman–Crippen LogP) is 6.04. The Bertz CT molecular complexity index is 1190. The Kier molecular flexibility index (Phi) is 5.72. The van der Waals surface area contributed by atoms with E-state index in [0.29, 0.717) is 38.4 Å². The number of thioether (sulfide) groups is 1. The lowest BCUT2D eigenvalue weighted by atomic mass is 10.2. The molecule has 0 amide bonds. The molecule has 6 heteroatoms. The van der Waals surface area contributed by atoms with Gasteiger partial charge < -0.3 is 0 Å². The van der Waals surface area contributed by atoms with Crippen molar-refractivity contribution in [2.45, 2.75) is 17.5 Å². The van der Waals surface area contributed by atoms with E-state index in [1.54, 1.807) is 4.57 Å². The summed E-state index contributed by atoms with van der Waals surface area (Å²) in [6.07, 6.45) is 0. The maximum atomic E-state index is 13.1. The van der Waals surface area contributed by atoms with Gasteiger partial charge in [-0.05, 0) is 47.5 Å². The molecule has 3 aromatic carbocycles. The van der Waals surface area contributed by atoms with Crippen molar-refractivity contribution in [3.63, 3.8) is 0 Å². The van der Waals surface area contributed by atoms with Crippen molar-refractivity contribution in [2.24, 2.45) is 0 Å². The van der Waals surface area contributed by atoms with Gasteiger partial charge in [0.2, 0.25) is 0 Å². The molecule has 140 valence electrons. The van der Waals surface area contributed by atoms with Crippen molar-refractivity contribution in [2.75, 3.05) is 0 Å². The Labute approximate surface area is 176 Å². The molecule has 4 rings (SSSR count). The van der Waals surface area contributed by atoms with Gasteiger partial charge in [-0.1, -0.05) is 71.4 Å². The number of rotatable bonds is 5. The minimum Gasteiger partial charge on any atom is -0.283 e. The van der Waals surface area contributed by atoms with Gasteiger partial charge in [0.15, 0.2) is 5.16 Å². The molecule has 3 nitrogen and oxygen atoms in total. The maximum absolute atomic E-state index is 13.1. The SMILES string of the molecule is O=c1c2ccccc2nc(SCc2cccc(Cl)c2)n1Cc1ccc(Cl)cc1. The molecule has 0 aliphatic rings. The summed E-state index contributed by atoms with van der Waals surface area (Å²) >= 11 is 13.6. The highest BCUT2D eigenvalue weighted by Gasteiger charge is 2.12. The minimum absolute atomic E-state index is 0.0471. The van der Waals surface area contributed by atoms with Gasteiger partial charge in [0.05, 0.1) is 17.4 Å². The third kappa shape index (κ3) is 4.25. The van der Waals surface area contributed by atoms with Crippen LogP contribution in [0.15, 0.2) is 82.7 Å². The normalized spacial score (nSPS) is 11.1. The van der Waals surface area contributed by atoms with Gasteiger partial charge in [0.25, 0.3) is 5.56 Å². The third-order valence-electron chi connectivity index (χ3n) is 4.34. The molecule has 4 aromatic rings. The number of aromatic nitrogens is 2. The lowest BCUT2D eigenvalue weighted by Gasteiger charge is -2.13. The zero-order chi connectivity index (χ0) is 19.5. The van der Waals surface area contributed by atoms with Crippen LogP contribution in [0.1, 0.15) is 11.1 Å². The first-order valence-corrected chi connectivity index (χ1v) is 10.5. The first-order chi connectivity index (χ1) is 13.6. The summed E-state index contributed by atoms with van der Waals surface area (Å²) in [5, 5.41) is 2.66. The van der Waals surface area contributed by atoms with Crippen molar-refractivity contribution in [3.8, 4) is 0 Å². The van der Waals surface area contributed by atoms with Crippen LogP contribution in [-0.4, -0.2) is 9.55 Å². The van der Waals surface area contributed by atoms with Gasteiger partial charge in [-0.25, -0.2) is 4.98 Å².